The molecule has 2 N–H and O–H groups in total. The molecule has 2 aliphatic rings. The Bertz CT molecular complexity index is 753. The van der Waals surface area contributed by atoms with Gasteiger partial charge < -0.3 is 25.0 Å². The van der Waals surface area contributed by atoms with E-state index in [1.807, 2.05) is 37.8 Å². The number of rotatable bonds is 5. The minimum absolute atomic E-state index is 0.0729. The third-order valence-corrected chi connectivity index (χ3v) is 5.16. The Morgan fingerprint density at radius 2 is 1.79 bits per heavy atom. The van der Waals surface area contributed by atoms with Crippen molar-refractivity contribution in [3.05, 3.63) is 23.3 Å². The molecule has 28 heavy (non-hydrogen) atoms. The van der Waals surface area contributed by atoms with E-state index in [2.05, 4.69) is 10.6 Å². The van der Waals surface area contributed by atoms with E-state index in [4.69, 9.17) is 9.47 Å². The predicted octanol–water partition coefficient (Wildman–Crippen LogP) is 2.64. The van der Waals surface area contributed by atoms with Crippen molar-refractivity contribution < 1.29 is 19.1 Å². The van der Waals surface area contributed by atoms with Gasteiger partial charge in [0.2, 0.25) is 5.91 Å². The summed E-state index contributed by atoms with van der Waals surface area (Å²) in [7, 11) is 3.21. The van der Waals surface area contributed by atoms with Crippen LogP contribution in [-0.2, 0) is 11.2 Å². The number of urea groups is 1. The lowest BCUT2D eigenvalue weighted by molar-refractivity contribution is -0.122. The summed E-state index contributed by atoms with van der Waals surface area (Å²) >= 11 is 0. The highest BCUT2D eigenvalue weighted by Gasteiger charge is 2.35. The van der Waals surface area contributed by atoms with Gasteiger partial charge in [0.25, 0.3) is 0 Å². The lowest BCUT2D eigenvalue weighted by Gasteiger charge is -2.39. The normalized spacial score (nSPS) is 18.9. The lowest BCUT2D eigenvalue weighted by atomic mass is 9.91. The Morgan fingerprint density at radius 1 is 1.14 bits per heavy atom. The number of amides is 3. The minimum atomic E-state index is -0.337. The quantitative estimate of drug-likeness (QED) is 0.811. The van der Waals surface area contributed by atoms with Crippen molar-refractivity contribution in [3.8, 4) is 11.5 Å². The summed E-state index contributed by atoms with van der Waals surface area (Å²) in [4.78, 5) is 27.0. The Balaban J connectivity index is 1.90. The molecule has 1 saturated carbocycles. The highest BCUT2D eigenvalue weighted by molar-refractivity contribution is 5.81. The maximum absolute atomic E-state index is 12.9. The molecule has 0 spiro atoms. The highest BCUT2D eigenvalue weighted by atomic mass is 16.5. The highest BCUT2D eigenvalue weighted by Crippen LogP contribution is 2.38. The summed E-state index contributed by atoms with van der Waals surface area (Å²) in [6.45, 7) is 6.84. The van der Waals surface area contributed by atoms with E-state index in [0.29, 0.717) is 24.6 Å². The van der Waals surface area contributed by atoms with Crippen LogP contribution in [0.1, 0.15) is 50.8 Å². The monoisotopic (exact) mass is 389 g/mol. The molecular weight excluding hydrogens is 358 g/mol. The molecule has 0 saturated heterocycles. The molecule has 7 heteroatoms. The van der Waals surface area contributed by atoms with Crippen molar-refractivity contribution >= 4 is 11.9 Å². The van der Waals surface area contributed by atoms with Crippen LogP contribution in [0.2, 0.25) is 0 Å². The van der Waals surface area contributed by atoms with Crippen molar-refractivity contribution in [1.82, 2.24) is 15.5 Å². The zero-order chi connectivity index (χ0) is 20.5. The van der Waals surface area contributed by atoms with E-state index in [1.54, 1.807) is 14.2 Å². The smallest absolute Gasteiger partial charge is 0.318 e. The van der Waals surface area contributed by atoms with Gasteiger partial charge in [-0.15, -0.1) is 0 Å². The molecule has 0 radical (unpaired) electrons. The van der Waals surface area contributed by atoms with Crippen molar-refractivity contribution in [2.24, 2.45) is 5.92 Å². The molecule has 1 heterocycles. The van der Waals surface area contributed by atoms with Crippen LogP contribution in [-0.4, -0.2) is 49.7 Å². The molecule has 7 nitrogen and oxygen atoms in total. The topological polar surface area (TPSA) is 79.9 Å². The maximum atomic E-state index is 12.9. The van der Waals surface area contributed by atoms with Gasteiger partial charge in [-0.25, -0.2) is 4.79 Å². The number of benzene rings is 1. The number of carbonyl (C=O) groups is 2. The molecule has 0 aromatic heterocycles. The number of hydrogen-bond donors (Lipinski definition) is 2. The number of ether oxygens (including phenoxy) is 2. The summed E-state index contributed by atoms with van der Waals surface area (Å²) < 4.78 is 10.9. The third-order valence-electron chi connectivity index (χ3n) is 5.16. The zero-order valence-corrected chi connectivity index (χ0v) is 17.4. The van der Waals surface area contributed by atoms with Crippen LogP contribution in [0.3, 0.4) is 0 Å². The van der Waals surface area contributed by atoms with Crippen LogP contribution < -0.4 is 20.1 Å². The van der Waals surface area contributed by atoms with Crippen molar-refractivity contribution in [2.75, 3.05) is 27.3 Å². The summed E-state index contributed by atoms with van der Waals surface area (Å²) in [6, 6.07) is 3.52. The van der Waals surface area contributed by atoms with E-state index in [9.17, 15) is 9.59 Å². The number of nitrogens with one attached hydrogen (secondary N) is 2. The van der Waals surface area contributed by atoms with Crippen LogP contribution >= 0.6 is 0 Å². The van der Waals surface area contributed by atoms with Crippen LogP contribution in [0.25, 0.3) is 0 Å². The zero-order valence-electron chi connectivity index (χ0n) is 17.4. The van der Waals surface area contributed by atoms with Crippen LogP contribution in [0.5, 0.6) is 11.5 Å². The van der Waals surface area contributed by atoms with Gasteiger partial charge >= 0.3 is 6.03 Å². The summed E-state index contributed by atoms with van der Waals surface area (Å²) in [5, 5.41) is 6.08. The number of fused-ring (bicyclic) bond motifs is 1. The van der Waals surface area contributed by atoms with E-state index in [1.165, 1.54) is 0 Å². The number of carbonyl (C=O) groups excluding carboxylic acids is 2. The second kappa shape index (κ2) is 7.89. The second-order valence-electron chi connectivity index (χ2n) is 8.56. The minimum Gasteiger partial charge on any atom is -0.493 e. The number of nitrogens with zero attached hydrogens (tertiary/aromatic N) is 1. The van der Waals surface area contributed by atoms with Crippen molar-refractivity contribution in [3.63, 3.8) is 0 Å². The fourth-order valence-corrected chi connectivity index (χ4v) is 3.57. The van der Waals surface area contributed by atoms with Crippen molar-refractivity contribution in [2.45, 2.75) is 51.6 Å². The van der Waals surface area contributed by atoms with Gasteiger partial charge in [0, 0.05) is 24.5 Å². The van der Waals surface area contributed by atoms with Gasteiger partial charge in [-0.05, 0) is 63.3 Å². The summed E-state index contributed by atoms with van der Waals surface area (Å²) in [5.41, 5.74) is 1.77. The molecule has 1 aliphatic heterocycles. The summed E-state index contributed by atoms with van der Waals surface area (Å²) in [6.07, 6.45) is 2.62. The third kappa shape index (κ3) is 4.51. The van der Waals surface area contributed by atoms with Gasteiger partial charge in [0.15, 0.2) is 11.5 Å². The van der Waals surface area contributed by atoms with Crippen LogP contribution in [0, 0.1) is 5.92 Å². The van der Waals surface area contributed by atoms with Gasteiger partial charge in [-0.1, -0.05) is 0 Å². The fraction of sp³-hybridized carbons (Fsp3) is 0.619. The molecule has 3 rings (SSSR count). The van der Waals surface area contributed by atoms with E-state index >= 15 is 0 Å². The Morgan fingerprint density at radius 3 is 2.36 bits per heavy atom. The molecular formula is C21H31N3O4. The largest absolute Gasteiger partial charge is 0.493 e. The molecule has 1 aromatic rings. The molecule has 1 unspecified atom stereocenters. The van der Waals surface area contributed by atoms with Crippen LogP contribution in [0.4, 0.5) is 4.79 Å². The second-order valence-corrected chi connectivity index (χ2v) is 8.56. The molecule has 1 fully saturated rings. The molecule has 3 amide bonds. The van der Waals surface area contributed by atoms with Gasteiger partial charge in [-0.2, -0.15) is 0 Å². The first-order valence-corrected chi connectivity index (χ1v) is 9.84. The van der Waals surface area contributed by atoms with Gasteiger partial charge in [0.1, 0.15) is 0 Å². The lowest BCUT2D eigenvalue weighted by Crippen LogP contribution is -2.53. The maximum Gasteiger partial charge on any atom is 0.318 e. The fourth-order valence-electron chi connectivity index (χ4n) is 3.57. The van der Waals surface area contributed by atoms with Gasteiger partial charge in [0.05, 0.1) is 20.3 Å². The number of methoxy groups -OCH3 is 2. The molecule has 1 aliphatic carbocycles. The predicted molar refractivity (Wildman–Crippen MR) is 107 cm³/mol. The standard InChI is InChI=1S/C21H31N3O4/c1-21(2,3)23-20(26)24-9-8-14-10-17(27-4)18(28-5)11-15(14)16(24)12-22-19(25)13-6-7-13/h10-11,13,16H,6-9,12H2,1-5H3,(H,22,25)(H,23,26). The Labute approximate surface area is 166 Å². The van der Waals surface area contributed by atoms with E-state index in [0.717, 1.165) is 30.4 Å². The molecule has 1 aromatic carbocycles. The first-order valence-electron chi connectivity index (χ1n) is 9.84. The summed E-state index contributed by atoms with van der Waals surface area (Å²) in [5.74, 6) is 1.50. The molecule has 154 valence electrons. The van der Waals surface area contributed by atoms with E-state index < -0.39 is 0 Å². The average Bonchev–Trinajstić information content (AvgIpc) is 3.48. The Hall–Kier alpha value is -2.44. The Kier molecular flexibility index (Phi) is 5.72. The molecule has 0 bridgehead atoms. The first-order chi connectivity index (χ1) is 13.2. The SMILES string of the molecule is COc1cc2c(cc1OC)C(CNC(=O)C1CC1)N(C(=O)NC(C)(C)C)CC2. The van der Waals surface area contributed by atoms with Crippen molar-refractivity contribution in [1.29, 1.82) is 0 Å². The number of hydrogen-bond acceptors (Lipinski definition) is 4. The van der Waals surface area contributed by atoms with E-state index in [-0.39, 0.29) is 29.4 Å². The average molecular weight is 389 g/mol. The molecule has 1 atom stereocenters. The first kappa shape index (κ1) is 20.3. The van der Waals surface area contributed by atoms with Gasteiger partial charge in [-0.3, -0.25) is 4.79 Å². The van der Waals surface area contributed by atoms with Crippen LogP contribution in [0.15, 0.2) is 12.1 Å².